The van der Waals surface area contributed by atoms with E-state index in [0.29, 0.717) is 19.7 Å². The van der Waals surface area contributed by atoms with Crippen molar-refractivity contribution in [1.82, 2.24) is 10.2 Å². The lowest BCUT2D eigenvalue weighted by Crippen LogP contribution is -2.50. The molecule has 1 saturated heterocycles. The molecule has 0 radical (unpaired) electrons. The summed E-state index contributed by atoms with van der Waals surface area (Å²) in [5, 5.41) is 2.79. The van der Waals surface area contributed by atoms with Gasteiger partial charge in [0.15, 0.2) is 0 Å². The van der Waals surface area contributed by atoms with E-state index in [1.54, 1.807) is 11.8 Å². The van der Waals surface area contributed by atoms with Crippen LogP contribution < -0.4 is 5.32 Å². The van der Waals surface area contributed by atoms with Crippen molar-refractivity contribution in [3.05, 3.63) is 0 Å². The van der Waals surface area contributed by atoms with Crippen LogP contribution in [-0.2, 0) is 9.47 Å². The molecule has 1 N–H and O–H groups in total. The smallest absolute Gasteiger partial charge is 0.409 e. The Morgan fingerprint density at radius 2 is 2.05 bits per heavy atom. The fourth-order valence-corrected chi connectivity index (χ4v) is 1.95. The van der Waals surface area contributed by atoms with Crippen molar-refractivity contribution in [3.8, 4) is 0 Å². The number of hydrogen-bond donors (Lipinski definition) is 1. The molecular formula is C13H24N2O4. The average Bonchev–Trinajstić information content (AvgIpc) is 2.27. The first-order valence-electron chi connectivity index (χ1n) is 6.73. The molecule has 1 aliphatic heterocycles. The van der Waals surface area contributed by atoms with Gasteiger partial charge in [-0.2, -0.15) is 0 Å². The monoisotopic (exact) mass is 272 g/mol. The quantitative estimate of drug-likeness (QED) is 0.836. The number of piperidine rings is 1. The highest BCUT2D eigenvalue weighted by Crippen LogP contribution is 2.13. The highest BCUT2D eigenvalue weighted by molar-refractivity contribution is 5.69. The zero-order valence-corrected chi connectivity index (χ0v) is 12.2. The molecular weight excluding hydrogens is 248 g/mol. The van der Waals surface area contributed by atoms with Crippen LogP contribution in [0.15, 0.2) is 0 Å². The third kappa shape index (κ3) is 5.81. The van der Waals surface area contributed by atoms with Crippen molar-refractivity contribution in [2.75, 3.05) is 19.7 Å². The minimum atomic E-state index is -0.514. The molecule has 0 bridgehead atoms. The SMILES string of the molecule is CCOC(=O)N1CCC[C@H](NC(=O)OC(C)(C)C)C1. The molecule has 2 amide bonds. The Kier molecular flexibility index (Phi) is 5.44. The Hall–Kier alpha value is -1.46. The molecule has 0 aromatic carbocycles. The number of carbonyl (C=O) groups is 2. The van der Waals surface area contributed by atoms with E-state index in [4.69, 9.17) is 9.47 Å². The zero-order valence-electron chi connectivity index (χ0n) is 12.2. The van der Waals surface area contributed by atoms with Crippen LogP contribution in [0.25, 0.3) is 0 Å². The van der Waals surface area contributed by atoms with Crippen LogP contribution in [0.3, 0.4) is 0 Å². The summed E-state index contributed by atoms with van der Waals surface area (Å²) in [6.07, 6.45) is 0.926. The van der Waals surface area contributed by atoms with Gasteiger partial charge in [-0.05, 0) is 40.5 Å². The Morgan fingerprint density at radius 3 is 2.63 bits per heavy atom. The number of amides is 2. The Balaban J connectivity index is 2.42. The van der Waals surface area contributed by atoms with Gasteiger partial charge in [0.05, 0.1) is 6.61 Å². The molecule has 1 aliphatic rings. The van der Waals surface area contributed by atoms with E-state index < -0.39 is 11.7 Å². The standard InChI is InChI=1S/C13H24N2O4/c1-5-18-12(17)15-8-6-7-10(9-15)14-11(16)19-13(2,3)4/h10H,5-9H2,1-4H3,(H,14,16)/t10-/m0/s1. The van der Waals surface area contributed by atoms with Gasteiger partial charge < -0.3 is 19.7 Å². The van der Waals surface area contributed by atoms with Crippen LogP contribution in [0.1, 0.15) is 40.5 Å². The van der Waals surface area contributed by atoms with Crippen molar-refractivity contribution < 1.29 is 19.1 Å². The molecule has 0 spiro atoms. The largest absolute Gasteiger partial charge is 0.450 e. The van der Waals surface area contributed by atoms with E-state index in [2.05, 4.69) is 5.32 Å². The molecule has 0 aromatic heterocycles. The van der Waals surface area contributed by atoms with Gasteiger partial charge >= 0.3 is 12.2 Å². The van der Waals surface area contributed by atoms with Gasteiger partial charge in [0.1, 0.15) is 5.60 Å². The van der Waals surface area contributed by atoms with Crippen molar-refractivity contribution in [2.24, 2.45) is 0 Å². The lowest BCUT2D eigenvalue weighted by molar-refractivity contribution is 0.0457. The van der Waals surface area contributed by atoms with E-state index in [-0.39, 0.29) is 12.1 Å². The second-order valence-corrected chi connectivity index (χ2v) is 5.63. The number of likely N-dealkylation sites (tertiary alicyclic amines) is 1. The number of carbonyl (C=O) groups excluding carboxylic acids is 2. The van der Waals surface area contributed by atoms with Gasteiger partial charge in [-0.25, -0.2) is 9.59 Å². The summed E-state index contributed by atoms with van der Waals surface area (Å²) in [4.78, 5) is 24.9. The van der Waals surface area contributed by atoms with Gasteiger partial charge in [-0.15, -0.1) is 0 Å². The topological polar surface area (TPSA) is 67.9 Å². The molecule has 6 nitrogen and oxygen atoms in total. The first kappa shape index (κ1) is 15.6. The van der Waals surface area contributed by atoms with Gasteiger partial charge in [0, 0.05) is 19.1 Å². The molecule has 19 heavy (non-hydrogen) atoms. The van der Waals surface area contributed by atoms with Crippen LogP contribution in [0.2, 0.25) is 0 Å². The summed E-state index contributed by atoms with van der Waals surface area (Å²) in [7, 11) is 0. The summed E-state index contributed by atoms with van der Waals surface area (Å²) < 4.78 is 10.2. The van der Waals surface area contributed by atoms with Crippen LogP contribution in [0, 0.1) is 0 Å². The summed E-state index contributed by atoms with van der Waals surface area (Å²) >= 11 is 0. The molecule has 110 valence electrons. The first-order valence-corrected chi connectivity index (χ1v) is 6.73. The van der Waals surface area contributed by atoms with Crippen molar-refractivity contribution >= 4 is 12.2 Å². The van der Waals surface area contributed by atoms with Crippen molar-refractivity contribution in [1.29, 1.82) is 0 Å². The molecule has 1 atom stereocenters. The zero-order chi connectivity index (χ0) is 14.5. The third-order valence-corrected chi connectivity index (χ3v) is 2.67. The predicted octanol–water partition coefficient (Wildman–Crippen LogP) is 2.13. The minimum absolute atomic E-state index is 0.0759. The summed E-state index contributed by atoms with van der Waals surface area (Å²) in [5.41, 5.74) is -0.514. The summed E-state index contributed by atoms with van der Waals surface area (Å²) in [5.74, 6) is 0. The molecule has 0 unspecified atom stereocenters. The van der Waals surface area contributed by atoms with E-state index in [1.807, 2.05) is 20.8 Å². The van der Waals surface area contributed by atoms with Crippen LogP contribution in [-0.4, -0.2) is 48.4 Å². The fourth-order valence-electron chi connectivity index (χ4n) is 1.95. The third-order valence-electron chi connectivity index (χ3n) is 2.67. The highest BCUT2D eigenvalue weighted by Gasteiger charge is 2.27. The fraction of sp³-hybridized carbons (Fsp3) is 0.846. The second kappa shape index (κ2) is 6.63. The Labute approximate surface area is 114 Å². The van der Waals surface area contributed by atoms with Gasteiger partial charge in [0.25, 0.3) is 0 Å². The molecule has 1 heterocycles. The highest BCUT2D eigenvalue weighted by atomic mass is 16.6. The number of nitrogens with one attached hydrogen (secondary N) is 1. The average molecular weight is 272 g/mol. The second-order valence-electron chi connectivity index (χ2n) is 5.63. The lowest BCUT2D eigenvalue weighted by Gasteiger charge is -2.32. The number of hydrogen-bond acceptors (Lipinski definition) is 4. The van der Waals surface area contributed by atoms with Crippen LogP contribution in [0.4, 0.5) is 9.59 Å². The van der Waals surface area contributed by atoms with Crippen LogP contribution >= 0.6 is 0 Å². The first-order chi connectivity index (χ1) is 8.81. The molecule has 1 rings (SSSR count). The van der Waals surface area contributed by atoms with E-state index in [0.717, 1.165) is 12.8 Å². The van der Waals surface area contributed by atoms with Crippen molar-refractivity contribution in [2.45, 2.75) is 52.2 Å². The summed E-state index contributed by atoms with van der Waals surface area (Å²) in [6.45, 7) is 8.73. The maximum Gasteiger partial charge on any atom is 0.409 e. The van der Waals surface area contributed by atoms with E-state index in [1.165, 1.54) is 0 Å². The van der Waals surface area contributed by atoms with Gasteiger partial charge in [-0.1, -0.05) is 0 Å². The maximum atomic E-state index is 11.7. The summed E-state index contributed by atoms with van der Waals surface area (Å²) in [6, 6.07) is -0.0759. The number of ether oxygens (including phenoxy) is 2. The normalized spacial score (nSPS) is 19.8. The Morgan fingerprint density at radius 1 is 1.37 bits per heavy atom. The molecule has 0 aromatic rings. The number of alkyl carbamates (subject to hydrolysis) is 1. The van der Waals surface area contributed by atoms with Gasteiger partial charge in [0.2, 0.25) is 0 Å². The van der Waals surface area contributed by atoms with Gasteiger partial charge in [-0.3, -0.25) is 0 Å². The van der Waals surface area contributed by atoms with E-state index >= 15 is 0 Å². The predicted molar refractivity (Wildman–Crippen MR) is 71.0 cm³/mol. The molecule has 0 aliphatic carbocycles. The molecule has 0 saturated carbocycles. The van der Waals surface area contributed by atoms with Crippen molar-refractivity contribution in [3.63, 3.8) is 0 Å². The number of rotatable bonds is 2. The Bertz CT molecular complexity index is 325. The lowest BCUT2D eigenvalue weighted by atomic mass is 10.1. The molecule has 1 fully saturated rings. The minimum Gasteiger partial charge on any atom is -0.450 e. The number of nitrogens with zero attached hydrogens (tertiary/aromatic N) is 1. The maximum absolute atomic E-state index is 11.7. The van der Waals surface area contributed by atoms with E-state index in [9.17, 15) is 9.59 Å². The molecule has 6 heteroatoms. The van der Waals surface area contributed by atoms with Crippen LogP contribution in [0.5, 0.6) is 0 Å².